The van der Waals surface area contributed by atoms with Crippen molar-refractivity contribution in [2.45, 2.75) is 38.5 Å². The molecule has 2 aliphatic rings. The Kier molecular flexibility index (Phi) is 5.89. The van der Waals surface area contributed by atoms with Crippen molar-refractivity contribution in [3.8, 4) is 23.0 Å². The standard InChI is InChI=1S/C23H24O6/c24-18(13-19(25)17-8-10-21-23(12-17)29-15-27-21)6-4-2-1-3-5-16-7-9-20-22(11-16)28-14-26-20/h7-13,25H,1-6,14-15H2. The number of carbonyl (C=O) groups excluding carboxylic acids is 1. The maximum atomic E-state index is 12.1. The molecule has 0 fully saturated rings. The number of benzene rings is 2. The number of rotatable bonds is 9. The fraction of sp³-hybridized carbons (Fsp3) is 0.348. The van der Waals surface area contributed by atoms with Gasteiger partial charge >= 0.3 is 0 Å². The Hall–Kier alpha value is -3.15. The molecule has 0 saturated carbocycles. The molecule has 2 aromatic rings. The molecule has 0 unspecified atom stereocenters. The van der Waals surface area contributed by atoms with Crippen LogP contribution in [0.4, 0.5) is 0 Å². The van der Waals surface area contributed by atoms with E-state index in [1.807, 2.05) is 12.1 Å². The zero-order valence-corrected chi connectivity index (χ0v) is 16.2. The summed E-state index contributed by atoms with van der Waals surface area (Å²) in [6, 6.07) is 11.2. The van der Waals surface area contributed by atoms with E-state index in [0.717, 1.165) is 43.6 Å². The highest BCUT2D eigenvalue weighted by Gasteiger charge is 2.15. The van der Waals surface area contributed by atoms with Gasteiger partial charge in [0, 0.05) is 18.1 Å². The Morgan fingerprint density at radius 1 is 0.828 bits per heavy atom. The summed E-state index contributed by atoms with van der Waals surface area (Å²) in [5, 5.41) is 10.2. The number of hydrogen-bond donors (Lipinski definition) is 1. The quantitative estimate of drug-likeness (QED) is 0.373. The Morgan fingerprint density at radius 2 is 1.48 bits per heavy atom. The summed E-state index contributed by atoms with van der Waals surface area (Å²) >= 11 is 0. The van der Waals surface area contributed by atoms with Gasteiger partial charge in [-0.05, 0) is 55.2 Å². The monoisotopic (exact) mass is 396 g/mol. The average molecular weight is 396 g/mol. The Bertz CT molecular complexity index is 918. The summed E-state index contributed by atoms with van der Waals surface area (Å²) in [7, 11) is 0. The van der Waals surface area contributed by atoms with Gasteiger partial charge in [0.05, 0.1) is 0 Å². The van der Waals surface area contributed by atoms with Crippen LogP contribution in [-0.4, -0.2) is 24.5 Å². The maximum Gasteiger partial charge on any atom is 0.231 e. The molecular weight excluding hydrogens is 372 g/mol. The van der Waals surface area contributed by atoms with Gasteiger partial charge < -0.3 is 24.1 Å². The molecule has 6 heteroatoms. The predicted octanol–water partition coefficient (Wildman–Crippen LogP) is 4.81. The molecular formula is C23H24O6. The van der Waals surface area contributed by atoms with Crippen molar-refractivity contribution < 1.29 is 28.8 Å². The van der Waals surface area contributed by atoms with E-state index < -0.39 is 0 Å². The molecule has 0 spiro atoms. The van der Waals surface area contributed by atoms with E-state index in [1.165, 1.54) is 11.6 Å². The van der Waals surface area contributed by atoms with Crippen LogP contribution in [0.25, 0.3) is 5.76 Å². The number of allylic oxidation sites excluding steroid dienone is 1. The smallest absolute Gasteiger partial charge is 0.231 e. The predicted molar refractivity (Wildman–Crippen MR) is 108 cm³/mol. The molecule has 4 rings (SSSR count). The highest BCUT2D eigenvalue weighted by Crippen LogP contribution is 2.34. The molecule has 2 aromatic carbocycles. The van der Waals surface area contributed by atoms with Gasteiger partial charge in [0.1, 0.15) is 5.76 Å². The second-order valence-electron chi connectivity index (χ2n) is 7.17. The molecule has 1 N–H and O–H groups in total. The van der Waals surface area contributed by atoms with E-state index in [2.05, 4.69) is 6.07 Å². The first kappa shape index (κ1) is 19.2. The lowest BCUT2D eigenvalue weighted by atomic mass is 10.0. The van der Waals surface area contributed by atoms with Gasteiger partial charge in [-0.15, -0.1) is 0 Å². The third-order valence-corrected chi connectivity index (χ3v) is 5.04. The molecule has 0 radical (unpaired) electrons. The molecule has 0 atom stereocenters. The van der Waals surface area contributed by atoms with Crippen LogP contribution in [0.3, 0.4) is 0 Å². The third-order valence-electron chi connectivity index (χ3n) is 5.04. The third kappa shape index (κ3) is 4.83. The van der Waals surface area contributed by atoms with Crippen LogP contribution < -0.4 is 18.9 Å². The molecule has 6 nitrogen and oxygen atoms in total. The lowest BCUT2D eigenvalue weighted by molar-refractivity contribution is -0.114. The van der Waals surface area contributed by atoms with Crippen LogP contribution in [-0.2, 0) is 11.2 Å². The molecule has 0 bridgehead atoms. The van der Waals surface area contributed by atoms with Crippen LogP contribution in [0, 0.1) is 0 Å². The summed E-state index contributed by atoms with van der Waals surface area (Å²) in [6.07, 6.45) is 6.61. The number of aryl methyl sites for hydroxylation is 1. The van der Waals surface area contributed by atoms with E-state index >= 15 is 0 Å². The first-order valence-electron chi connectivity index (χ1n) is 9.91. The maximum absolute atomic E-state index is 12.1. The SMILES string of the molecule is O=C(C=C(O)c1ccc2c(c1)OCO2)CCCCCCc1ccc2c(c1)OCO2. The van der Waals surface area contributed by atoms with E-state index in [4.69, 9.17) is 18.9 Å². The Morgan fingerprint density at radius 3 is 2.28 bits per heavy atom. The Labute approximate surface area is 169 Å². The molecule has 152 valence electrons. The zero-order chi connectivity index (χ0) is 20.1. The van der Waals surface area contributed by atoms with Gasteiger partial charge in [0.25, 0.3) is 0 Å². The van der Waals surface area contributed by atoms with E-state index in [-0.39, 0.29) is 18.3 Å². The second kappa shape index (κ2) is 8.90. The topological polar surface area (TPSA) is 74.2 Å². The highest BCUT2D eigenvalue weighted by atomic mass is 16.7. The molecule has 0 aromatic heterocycles. The van der Waals surface area contributed by atoms with Crippen LogP contribution in [0.5, 0.6) is 23.0 Å². The van der Waals surface area contributed by atoms with E-state index in [1.54, 1.807) is 18.2 Å². The van der Waals surface area contributed by atoms with Gasteiger partial charge in [0.15, 0.2) is 28.8 Å². The second-order valence-corrected chi connectivity index (χ2v) is 7.17. The van der Waals surface area contributed by atoms with Gasteiger partial charge in [-0.1, -0.05) is 18.9 Å². The van der Waals surface area contributed by atoms with Crippen LogP contribution >= 0.6 is 0 Å². The number of ketones is 1. The van der Waals surface area contributed by atoms with Crippen molar-refractivity contribution in [2.24, 2.45) is 0 Å². The van der Waals surface area contributed by atoms with Crippen molar-refractivity contribution in [1.29, 1.82) is 0 Å². The number of fused-ring (bicyclic) bond motifs is 2. The normalized spacial score (nSPS) is 14.3. The van der Waals surface area contributed by atoms with Gasteiger partial charge in [-0.2, -0.15) is 0 Å². The summed E-state index contributed by atoms with van der Waals surface area (Å²) in [5.74, 6) is 2.74. The van der Waals surface area contributed by atoms with Crippen LogP contribution in [0.2, 0.25) is 0 Å². The van der Waals surface area contributed by atoms with Crippen molar-refractivity contribution >= 4 is 11.5 Å². The van der Waals surface area contributed by atoms with Crippen LogP contribution in [0.15, 0.2) is 42.5 Å². The average Bonchev–Trinajstić information content (AvgIpc) is 3.38. The molecule has 0 saturated heterocycles. The number of ether oxygens (including phenoxy) is 4. The van der Waals surface area contributed by atoms with E-state index in [0.29, 0.717) is 30.3 Å². The van der Waals surface area contributed by atoms with Crippen molar-refractivity contribution in [1.82, 2.24) is 0 Å². The zero-order valence-electron chi connectivity index (χ0n) is 16.2. The van der Waals surface area contributed by atoms with Crippen LogP contribution in [0.1, 0.15) is 43.2 Å². The van der Waals surface area contributed by atoms with Crippen molar-refractivity contribution in [3.05, 3.63) is 53.6 Å². The van der Waals surface area contributed by atoms with Crippen molar-refractivity contribution in [2.75, 3.05) is 13.6 Å². The minimum Gasteiger partial charge on any atom is -0.507 e. The largest absolute Gasteiger partial charge is 0.507 e. The number of aliphatic hydroxyl groups excluding tert-OH is 1. The minimum atomic E-state index is -0.0732. The first-order valence-corrected chi connectivity index (χ1v) is 9.91. The van der Waals surface area contributed by atoms with E-state index in [9.17, 15) is 9.90 Å². The summed E-state index contributed by atoms with van der Waals surface area (Å²) in [5.41, 5.74) is 1.79. The Balaban J connectivity index is 1.16. The van der Waals surface area contributed by atoms with Crippen molar-refractivity contribution in [3.63, 3.8) is 0 Å². The first-order chi connectivity index (χ1) is 14.2. The molecule has 29 heavy (non-hydrogen) atoms. The summed E-state index contributed by atoms with van der Waals surface area (Å²) in [4.78, 5) is 12.1. The number of unbranched alkanes of at least 4 members (excludes halogenated alkanes) is 3. The highest BCUT2D eigenvalue weighted by molar-refractivity contribution is 5.95. The molecule has 2 aliphatic heterocycles. The summed E-state index contributed by atoms with van der Waals surface area (Å²) < 4.78 is 21.3. The lowest BCUT2D eigenvalue weighted by Gasteiger charge is -2.04. The van der Waals surface area contributed by atoms with Gasteiger partial charge in [-0.25, -0.2) is 0 Å². The minimum absolute atomic E-state index is 0.0453. The number of hydrogen-bond acceptors (Lipinski definition) is 6. The lowest BCUT2D eigenvalue weighted by Crippen LogP contribution is -1.96. The van der Waals surface area contributed by atoms with Gasteiger partial charge in [0.2, 0.25) is 13.6 Å². The summed E-state index contributed by atoms with van der Waals surface area (Å²) in [6.45, 7) is 0.475. The fourth-order valence-electron chi connectivity index (χ4n) is 3.44. The van der Waals surface area contributed by atoms with Gasteiger partial charge in [-0.3, -0.25) is 4.79 Å². The fourth-order valence-corrected chi connectivity index (χ4v) is 3.44. The number of carbonyl (C=O) groups is 1. The number of aliphatic hydroxyl groups is 1. The molecule has 0 amide bonds. The molecule has 0 aliphatic carbocycles. The molecule has 2 heterocycles.